The molecule has 2 aromatic rings. The van der Waals surface area contributed by atoms with Crippen LogP contribution in [-0.4, -0.2) is 53.2 Å². The molecule has 1 aliphatic rings. The van der Waals surface area contributed by atoms with Gasteiger partial charge in [-0.15, -0.1) is 0 Å². The van der Waals surface area contributed by atoms with E-state index >= 15 is 0 Å². The molecule has 110 valence electrons. The van der Waals surface area contributed by atoms with Crippen molar-refractivity contribution in [2.45, 2.75) is 6.61 Å². The van der Waals surface area contributed by atoms with Crippen molar-refractivity contribution >= 4 is 11.6 Å². The Bertz CT molecular complexity index is 571. The Kier molecular flexibility index (Phi) is 4.20. The third kappa shape index (κ3) is 3.25. The summed E-state index contributed by atoms with van der Waals surface area (Å²) in [5.74, 6) is 2.60. The van der Waals surface area contributed by atoms with Crippen LogP contribution in [0.25, 0.3) is 0 Å². The summed E-state index contributed by atoms with van der Waals surface area (Å²) >= 11 is 0. The number of hydrogen-bond acceptors (Lipinski definition) is 7. The number of nitrogens with zero attached hydrogens (tertiary/aromatic N) is 6. The van der Waals surface area contributed by atoms with Crippen molar-refractivity contribution in [3.05, 3.63) is 36.7 Å². The fourth-order valence-corrected chi connectivity index (χ4v) is 2.38. The van der Waals surface area contributed by atoms with Gasteiger partial charge in [-0.3, -0.25) is 4.98 Å². The molecule has 0 radical (unpaired) electrons. The normalized spacial score (nSPS) is 15.3. The zero-order valence-corrected chi connectivity index (χ0v) is 12.0. The maximum Gasteiger partial charge on any atom is 0.156 e. The molecule has 2 aromatic heterocycles. The second kappa shape index (κ2) is 6.45. The number of ether oxygens (including phenoxy) is 1. The van der Waals surface area contributed by atoms with Gasteiger partial charge in [0.15, 0.2) is 5.82 Å². The molecule has 1 aliphatic heterocycles. The third-order valence-electron chi connectivity index (χ3n) is 3.44. The lowest BCUT2D eigenvalue weighted by atomic mass is 10.3. The van der Waals surface area contributed by atoms with Gasteiger partial charge in [-0.05, 0) is 6.07 Å². The molecule has 0 amide bonds. The molecule has 0 saturated carbocycles. The van der Waals surface area contributed by atoms with Gasteiger partial charge < -0.3 is 14.5 Å². The van der Waals surface area contributed by atoms with Crippen molar-refractivity contribution in [1.82, 2.24) is 19.9 Å². The van der Waals surface area contributed by atoms with Crippen LogP contribution in [0.2, 0.25) is 0 Å². The molecule has 7 heteroatoms. The van der Waals surface area contributed by atoms with Gasteiger partial charge in [-0.25, -0.2) is 15.0 Å². The van der Waals surface area contributed by atoms with Crippen molar-refractivity contribution < 1.29 is 4.74 Å². The van der Waals surface area contributed by atoms with Gasteiger partial charge in [-0.1, -0.05) is 0 Å². The Hall–Kier alpha value is -2.28. The zero-order valence-electron chi connectivity index (χ0n) is 12.0. The Morgan fingerprint density at radius 3 is 2.43 bits per heavy atom. The highest BCUT2D eigenvalue weighted by Crippen LogP contribution is 2.16. The SMILES string of the molecule is COCc1nccc(N2CCN(c3cnccn3)CC2)n1. The molecule has 0 atom stereocenters. The molecule has 0 N–H and O–H groups in total. The molecule has 0 spiro atoms. The highest BCUT2D eigenvalue weighted by atomic mass is 16.5. The van der Waals surface area contributed by atoms with E-state index in [9.17, 15) is 0 Å². The monoisotopic (exact) mass is 286 g/mol. The van der Waals surface area contributed by atoms with Crippen LogP contribution in [0.15, 0.2) is 30.9 Å². The van der Waals surface area contributed by atoms with Crippen molar-refractivity contribution in [2.75, 3.05) is 43.1 Å². The Labute approximate surface area is 123 Å². The van der Waals surface area contributed by atoms with Gasteiger partial charge in [0, 0.05) is 51.9 Å². The maximum atomic E-state index is 5.08. The molecule has 0 aliphatic carbocycles. The highest BCUT2D eigenvalue weighted by Gasteiger charge is 2.19. The van der Waals surface area contributed by atoms with E-state index in [-0.39, 0.29) is 0 Å². The van der Waals surface area contributed by atoms with Crippen LogP contribution in [0.4, 0.5) is 11.6 Å². The third-order valence-corrected chi connectivity index (χ3v) is 3.44. The maximum absolute atomic E-state index is 5.08. The molecule has 0 bridgehead atoms. The minimum absolute atomic E-state index is 0.438. The first kappa shape index (κ1) is 13.7. The smallest absolute Gasteiger partial charge is 0.156 e. The minimum atomic E-state index is 0.438. The average Bonchev–Trinajstić information content (AvgIpc) is 2.56. The molecule has 3 rings (SSSR count). The number of hydrogen-bond donors (Lipinski definition) is 0. The van der Waals surface area contributed by atoms with Gasteiger partial charge in [0.2, 0.25) is 0 Å². The van der Waals surface area contributed by atoms with E-state index in [0.29, 0.717) is 12.4 Å². The van der Waals surface area contributed by atoms with Crippen molar-refractivity contribution in [3.8, 4) is 0 Å². The summed E-state index contributed by atoms with van der Waals surface area (Å²) in [6, 6.07) is 1.94. The van der Waals surface area contributed by atoms with Crippen LogP contribution in [0.1, 0.15) is 5.82 Å². The Morgan fingerprint density at radius 1 is 1.00 bits per heavy atom. The van der Waals surface area contributed by atoms with E-state index in [0.717, 1.165) is 37.8 Å². The molecular weight excluding hydrogens is 268 g/mol. The Morgan fingerprint density at radius 2 is 1.76 bits per heavy atom. The topological polar surface area (TPSA) is 67.3 Å². The van der Waals surface area contributed by atoms with E-state index in [4.69, 9.17) is 4.74 Å². The minimum Gasteiger partial charge on any atom is -0.377 e. The molecule has 7 nitrogen and oxygen atoms in total. The molecular formula is C14H18N6O. The number of piperazine rings is 1. The number of rotatable bonds is 4. The summed E-state index contributed by atoms with van der Waals surface area (Å²) < 4.78 is 5.08. The van der Waals surface area contributed by atoms with E-state index < -0.39 is 0 Å². The fourth-order valence-electron chi connectivity index (χ4n) is 2.38. The largest absolute Gasteiger partial charge is 0.377 e. The highest BCUT2D eigenvalue weighted by molar-refractivity contribution is 5.43. The number of methoxy groups -OCH3 is 1. The first-order valence-corrected chi connectivity index (χ1v) is 6.93. The average molecular weight is 286 g/mol. The lowest BCUT2D eigenvalue weighted by Gasteiger charge is -2.35. The molecule has 1 fully saturated rings. The van der Waals surface area contributed by atoms with Crippen LogP contribution in [0.3, 0.4) is 0 Å². The number of aromatic nitrogens is 4. The predicted octanol–water partition coefficient (Wildman–Crippen LogP) is 0.740. The van der Waals surface area contributed by atoms with Crippen LogP contribution in [0.5, 0.6) is 0 Å². The molecule has 21 heavy (non-hydrogen) atoms. The van der Waals surface area contributed by atoms with Crippen LogP contribution >= 0.6 is 0 Å². The van der Waals surface area contributed by atoms with E-state index in [1.165, 1.54) is 0 Å². The summed E-state index contributed by atoms with van der Waals surface area (Å²) in [7, 11) is 1.65. The Balaban J connectivity index is 1.64. The van der Waals surface area contributed by atoms with Crippen LogP contribution < -0.4 is 9.80 Å². The first-order valence-electron chi connectivity index (χ1n) is 6.93. The van der Waals surface area contributed by atoms with E-state index in [1.807, 2.05) is 6.07 Å². The molecule has 1 saturated heterocycles. The lowest BCUT2D eigenvalue weighted by Crippen LogP contribution is -2.47. The van der Waals surface area contributed by atoms with Gasteiger partial charge in [-0.2, -0.15) is 0 Å². The summed E-state index contributed by atoms with van der Waals surface area (Å²) in [6.07, 6.45) is 7.00. The summed E-state index contributed by atoms with van der Waals surface area (Å²) in [5, 5.41) is 0. The van der Waals surface area contributed by atoms with E-state index in [2.05, 4.69) is 29.7 Å². The van der Waals surface area contributed by atoms with E-state index in [1.54, 1.807) is 31.9 Å². The number of anilines is 2. The first-order chi connectivity index (χ1) is 10.4. The van der Waals surface area contributed by atoms with Crippen molar-refractivity contribution in [2.24, 2.45) is 0 Å². The second-order valence-electron chi connectivity index (χ2n) is 4.80. The zero-order chi connectivity index (χ0) is 14.5. The van der Waals surface area contributed by atoms with Crippen LogP contribution in [0, 0.1) is 0 Å². The van der Waals surface area contributed by atoms with Crippen molar-refractivity contribution in [1.29, 1.82) is 0 Å². The molecule has 0 aromatic carbocycles. The fraction of sp³-hybridized carbons (Fsp3) is 0.429. The van der Waals surface area contributed by atoms with Gasteiger partial charge in [0.05, 0.1) is 6.20 Å². The summed E-state index contributed by atoms with van der Waals surface area (Å²) in [4.78, 5) is 21.7. The van der Waals surface area contributed by atoms with Gasteiger partial charge in [0.25, 0.3) is 0 Å². The molecule has 0 unspecified atom stereocenters. The summed E-state index contributed by atoms with van der Waals surface area (Å²) in [6.45, 7) is 4.05. The second-order valence-corrected chi connectivity index (χ2v) is 4.80. The lowest BCUT2D eigenvalue weighted by molar-refractivity contribution is 0.178. The van der Waals surface area contributed by atoms with Crippen LogP contribution in [-0.2, 0) is 11.3 Å². The standard InChI is InChI=1S/C14H18N6O/c1-21-11-12-16-3-2-13(18-12)19-6-8-20(9-7-19)14-10-15-4-5-17-14/h2-5,10H,6-9,11H2,1H3. The van der Waals surface area contributed by atoms with Crippen molar-refractivity contribution in [3.63, 3.8) is 0 Å². The molecule has 3 heterocycles. The van der Waals surface area contributed by atoms with Gasteiger partial charge >= 0.3 is 0 Å². The summed E-state index contributed by atoms with van der Waals surface area (Å²) in [5.41, 5.74) is 0. The predicted molar refractivity (Wildman–Crippen MR) is 79.2 cm³/mol. The quantitative estimate of drug-likeness (QED) is 0.821. The van der Waals surface area contributed by atoms with Gasteiger partial charge in [0.1, 0.15) is 18.2 Å².